The van der Waals surface area contributed by atoms with Crippen molar-refractivity contribution < 1.29 is 0 Å². The van der Waals surface area contributed by atoms with Gasteiger partial charge in [-0.1, -0.05) is 34.6 Å². The predicted molar refractivity (Wildman–Crippen MR) is 91.3 cm³/mol. The van der Waals surface area contributed by atoms with E-state index >= 15 is 0 Å². The van der Waals surface area contributed by atoms with E-state index in [1.165, 1.54) is 12.8 Å². The maximum Gasteiger partial charge on any atom is 0.205 e. The van der Waals surface area contributed by atoms with Gasteiger partial charge in [-0.2, -0.15) is 4.37 Å². The van der Waals surface area contributed by atoms with Crippen molar-refractivity contribution in [2.24, 2.45) is 11.8 Å². The summed E-state index contributed by atoms with van der Waals surface area (Å²) < 4.78 is 4.53. The topological polar surface area (TPSA) is 41.0 Å². The minimum Gasteiger partial charge on any atom is -0.347 e. The Kier molecular flexibility index (Phi) is 5.60. The number of hydrogen-bond donors (Lipinski definition) is 1. The second-order valence-electron chi connectivity index (χ2n) is 7.63. The Morgan fingerprint density at radius 2 is 1.95 bits per heavy atom. The molecule has 1 aromatic rings. The third kappa shape index (κ3) is 4.92. The van der Waals surface area contributed by atoms with Gasteiger partial charge >= 0.3 is 0 Å². The summed E-state index contributed by atoms with van der Waals surface area (Å²) in [5.74, 6) is 2.53. The Balaban J connectivity index is 1.80. The van der Waals surface area contributed by atoms with Crippen molar-refractivity contribution in [2.75, 3.05) is 31.1 Å². The molecular formula is C16H30N4S. The summed E-state index contributed by atoms with van der Waals surface area (Å²) in [4.78, 5) is 7.14. The predicted octanol–water partition coefficient (Wildman–Crippen LogP) is 3.30. The second-order valence-corrected chi connectivity index (χ2v) is 8.36. The van der Waals surface area contributed by atoms with E-state index in [0.717, 1.165) is 49.0 Å². The van der Waals surface area contributed by atoms with Crippen LogP contribution in [0.3, 0.4) is 0 Å². The van der Waals surface area contributed by atoms with Gasteiger partial charge in [0.25, 0.3) is 0 Å². The van der Waals surface area contributed by atoms with Crippen LogP contribution < -0.4 is 10.2 Å². The van der Waals surface area contributed by atoms with Crippen LogP contribution in [0.1, 0.15) is 53.3 Å². The molecule has 0 atom stereocenters. The molecule has 0 saturated carbocycles. The first-order chi connectivity index (χ1) is 9.86. The molecule has 0 radical (unpaired) electrons. The third-order valence-corrected chi connectivity index (χ3v) is 4.73. The lowest BCUT2D eigenvalue weighted by atomic mass is 9.96. The summed E-state index contributed by atoms with van der Waals surface area (Å²) in [5.41, 5.74) is 0.0494. The molecule has 2 rings (SSSR count). The molecule has 1 aliphatic rings. The first-order valence-electron chi connectivity index (χ1n) is 8.16. The molecule has 1 aliphatic heterocycles. The summed E-state index contributed by atoms with van der Waals surface area (Å²) in [6, 6.07) is 0. The zero-order valence-corrected chi connectivity index (χ0v) is 15.0. The fourth-order valence-corrected chi connectivity index (χ4v) is 3.46. The van der Waals surface area contributed by atoms with Crippen molar-refractivity contribution in [3.8, 4) is 0 Å². The fourth-order valence-electron chi connectivity index (χ4n) is 2.55. The van der Waals surface area contributed by atoms with Crippen LogP contribution in [0.5, 0.6) is 0 Å². The van der Waals surface area contributed by atoms with Gasteiger partial charge in [-0.15, -0.1) is 0 Å². The lowest BCUT2D eigenvalue weighted by molar-refractivity contribution is 0.373. The highest BCUT2D eigenvalue weighted by molar-refractivity contribution is 7.09. The highest BCUT2D eigenvalue weighted by atomic mass is 32.1. The van der Waals surface area contributed by atoms with E-state index in [1.807, 2.05) is 0 Å². The molecule has 0 bridgehead atoms. The quantitative estimate of drug-likeness (QED) is 0.906. The van der Waals surface area contributed by atoms with Crippen molar-refractivity contribution in [3.63, 3.8) is 0 Å². The maximum atomic E-state index is 4.73. The molecule has 2 heterocycles. The summed E-state index contributed by atoms with van der Waals surface area (Å²) >= 11 is 1.56. The molecule has 120 valence electrons. The fraction of sp³-hybridized carbons (Fsp3) is 0.875. The number of piperidine rings is 1. The van der Waals surface area contributed by atoms with E-state index in [-0.39, 0.29) is 5.41 Å². The van der Waals surface area contributed by atoms with E-state index in [4.69, 9.17) is 4.98 Å². The number of hydrogen-bond acceptors (Lipinski definition) is 5. The summed E-state index contributed by atoms with van der Waals surface area (Å²) in [6.45, 7) is 15.6. The molecular weight excluding hydrogens is 280 g/mol. The largest absolute Gasteiger partial charge is 0.347 e. The molecule has 0 unspecified atom stereocenters. The summed E-state index contributed by atoms with van der Waals surface area (Å²) in [7, 11) is 0. The summed E-state index contributed by atoms with van der Waals surface area (Å²) in [6.07, 6.45) is 2.52. The van der Waals surface area contributed by atoms with E-state index < -0.39 is 0 Å². The first-order valence-corrected chi connectivity index (χ1v) is 8.93. The summed E-state index contributed by atoms with van der Waals surface area (Å²) in [5, 5.41) is 4.69. The minimum absolute atomic E-state index is 0.0494. The first kappa shape index (κ1) is 16.7. The average Bonchev–Trinajstić information content (AvgIpc) is 2.88. The van der Waals surface area contributed by atoms with Crippen LogP contribution in [-0.4, -0.2) is 35.5 Å². The number of anilines is 1. The Hall–Kier alpha value is -0.680. The van der Waals surface area contributed by atoms with Gasteiger partial charge < -0.3 is 10.2 Å². The molecule has 5 heteroatoms. The zero-order valence-electron chi connectivity index (χ0n) is 14.1. The van der Waals surface area contributed by atoms with Crippen molar-refractivity contribution in [2.45, 2.75) is 52.9 Å². The maximum absolute atomic E-state index is 4.73. The highest BCUT2D eigenvalue weighted by Crippen LogP contribution is 2.28. The molecule has 1 fully saturated rings. The zero-order chi connectivity index (χ0) is 15.5. The normalized spacial score (nSPS) is 17.7. The van der Waals surface area contributed by atoms with Gasteiger partial charge in [-0.05, 0) is 37.8 Å². The van der Waals surface area contributed by atoms with Crippen LogP contribution in [0, 0.1) is 11.8 Å². The number of nitrogens with one attached hydrogen (secondary N) is 1. The molecule has 4 nitrogen and oxygen atoms in total. The van der Waals surface area contributed by atoms with Gasteiger partial charge in [0.05, 0.1) is 0 Å². The van der Waals surface area contributed by atoms with Crippen LogP contribution in [0.2, 0.25) is 0 Å². The van der Waals surface area contributed by atoms with Crippen molar-refractivity contribution in [1.82, 2.24) is 14.7 Å². The van der Waals surface area contributed by atoms with Gasteiger partial charge in [0.15, 0.2) is 0 Å². The van der Waals surface area contributed by atoms with Gasteiger partial charge in [-0.25, -0.2) is 4.98 Å². The van der Waals surface area contributed by atoms with Crippen LogP contribution in [0.25, 0.3) is 0 Å². The van der Waals surface area contributed by atoms with Crippen molar-refractivity contribution in [3.05, 3.63) is 5.82 Å². The molecule has 1 aromatic heterocycles. The van der Waals surface area contributed by atoms with E-state index in [0.29, 0.717) is 0 Å². The van der Waals surface area contributed by atoms with E-state index in [1.54, 1.807) is 11.5 Å². The molecule has 1 N–H and O–H groups in total. The number of rotatable bonds is 5. The Morgan fingerprint density at radius 1 is 1.29 bits per heavy atom. The van der Waals surface area contributed by atoms with Gasteiger partial charge in [0.1, 0.15) is 5.82 Å². The Labute approximate surface area is 133 Å². The van der Waals surface area contributed by atoms with Gasteiger partial charge in [-0.3, -0.25) is 0 Å². The van der Waals surface area contributed by atoms with Crippen LogP contribution in [0.4, 0.5) is 5.13 Å². The standard InChI is InChI=1S/C16H30N4S/c1-12(2)10-17-11-13-6-8-20(9-7-13)15-18-14(19-21-15)16(3,4)5/h12-13,17H,6-11H2,1-5H3. The second kappa shape index (κ2) is 7.05. The number of aromatic nitrogens is 2. The number of nitrogens with zero attached hydrogens (tertiary/aromatic N) is 3. The third-order valence-electron chi connectivity index (χ3n) is 3.96. The Morgan fingerprint density at radius 3 is 2.48 bits per heavy atom. The lowest BCUT2D eigenvalue weighted by Crippen LogP contribution is -2.38. The van der Waals surface area contributed by atoms with Gasteiger partial charge in [0.2, 0.25) is 5.13 Å². The van der Waals surface area contributed by atoms with Crippen LogP contribution in [-0.2, 0) is 5.41 Å². The van der Waals surface area contributed by atoms with Crippen molar-refractivity contribution in [1.29, 1.82) is 0 Å². The average molecular weight is 311 g/mol. The molecule has 0 spiro atoms. The molecule has 0 aliphatic carbocycles. The molecule has 0 aromatic carbocycles. The molecule has 0 amide bonds. The molecule has 1 saturated heterocycles. The van der Waals surface area contributed by atoms with Crippen LogP contribution >= 0.6 is 11.5 Å². The van der Waals surface area contributed by atoms with Gasteiger partial charge in [0, 0.05) is 30.0 Å². The monoisotopic (exact) mass is 310 g/mol. The SMILES string of the molecule is CC(C)CNCC1CCN(c2nc(C(C)(C)C)ns2)CC1. The smallest absolute Gasteiger partial charge is 0.205 e. The van der Waals surface area contributed by atoms with Crippen LogP contribution in [0.15, 0.2) is 0 Å². The highest BCUT2D eigenvalue weighted by Gasteiger charge is 2.24. The Bertz CT molecular complexity index is 428. The minimum atomic E-state index is 0.0494. The van der Waals surface area contributed by atoms with E-state index in [2.05, 4.69) is 49.2 Å². The van der Waals surface area contributed by atoms with E-state index in [9.17, 15) is 0 Å². The molecule has 21 heavy (non-hydrogen) atoms. The van der Waals surface area contributed by atoms with Crippen molar-refractivity contribution >= 4 is 16.7 Å². The lowest BCUT2D eigenvalue weighted by Gasteiger charge is -2.31.